The van der Waals surface area contributed by atoms with Gasteiger partial charge in [-0.2, -0.15) is 13.9 Å². The van der Waals surface area contributed by atoms with Gasteiger partial charge in [0.15, 0.2) is 11.5 Å². The minimum atomic E-state index is -3.00. The lowest BCUT2D eigenvalue weighted by Gasteiger charge is -2.14. The molecule has 0 atom stereocenters. The highest BCUT2D eigenvalue weighted by atomic mass is 19.3. The van der Waals surface area contributed by atoms with Crippen LogP contribution in [0.2, 0.25) is 0 Å². The maximum absolute atomic E-state index is 12.4. The van der Waals surface area contributed by atoms with E-state index < -0.39 is 6.61 Å². The Hall–Kier alpha value is -2.38. The Morgan fingerprint density at radius 3 is 2.36 bits per heavy atom. The summed E-state index contributed by atoms with van der Waals surface area (Å²) in [5, 5.41) is 3.82. The predicted octanol–water partition coefficient (Wildman–Crippen LogP) is 2.17. The van der Waals surface area contributed by atoms with E-state index in [2.05, 4.69) is 15.3 Å². The van der Waals surface area contributed by atoms with Crippen LogP contribution in [0, 0.1) is 5.92 Å². The van der Waals surface area contributed by atoms with Crippen LogP contribution in [0.1, 0.15) is 18.4 Å². The van der Waals surface area contributed by atoms with Crippen LogP contribution in [0.3, 0.4) is 0 Å². The summed E-state index contributed by atoms with van der Waals surface area (Å²) in [5.41, 5.74) is 2.92. The number of ether oxygens (including phenoxy) is 3. The summed E-state index contributed by atoms with van der Waals surface area (Å²) in [6.45, 7) is -3.00. The van der Waals surface area contributed by atoms with Crippen molar-refractivity contribution in [3.05, 3.63) is 17.7 Å². The van der Waals surface area contributed by atoms with Crippen molar-refractivity contribution in [2.45, 2.75) is 19.5 Å². The summed E-state index contributed by atoms with van der Waals surface area (Å²) in [7, 11) is 2.64. The van der Waals surface area contributed by atoms with E-state index in [9.17, 15) is 13.6 Å². The van der Waals surface area contributed by atoms with Crippen molar-refractivity contribution in [1.29, 1.82) is 0 Å². The van der Waals surface area contributed by atoms with Gasteiger partial charge >= 0.3 is 6.61 Å². The summed E-state index contributed by atoms with van der Waals surface area (Å²) in [5.74, 6) is -0.126. The number of methoxy groups -OCH3 is 2. The third-order valence-corrected chi connectivity index (χ3v) is 3.03. The van der Waals surface area contributed by atoms with E-state index in [1.165, 1.54) is 32.6 Å². The molecule has 0 saturated heterocycles. The van der Waals surface area contributed by atoms with E-state index in [1.54, 1.807) is 0 Å². The fourth-order valence-corrected chi connectivity index (χ4v) is 1.79. The molecule has 1 aromatic carbocycles. The number of amides is 1. The van der Waals surface area contributed by atoms with Gasteiger partial charge in [0.2, 0.25) is 11.7 Å². The standard InChI is InChI=1S/C14H16F2N2O4/c1-20-10-5-8(7-17-18-13(19)9-3-4-9)6-11(21-2)12(10)22-14(15)16/h5-7,9,14H,3-4H2,1-2H3,(H,18,19)/b17-7-. The zero-order chi connectivity index (χ0) is 16.1. The van der Waals surface area contributed by atoms with Crippen LogP contribution >= 0.6 is 0 Å². The molecule has 1 aromatic rings. The second-order valence-corrected chi connectivity index (χ2v) is 4.64. The number of hydrogen-bond donors (Lipinski definition) is 1. The van der Waals surface area contributed by atoms with E-state index in [4.69, 9.17) is 9.47 Å². The van der Waals surface area contributed by atoms with Gasteiger partial charge < -0.3 is 14.2 Å². The van der Waals surface area contributed by atoms with Crippen molar-refractivity contribution in [2.75, 3.05) is 14.2 Å². The normalized spacial score (nSPS) is 14.2. The maximum atomic E-state index is 12.4. The van der Waals surface area contributed by atoms with Gasteiger partial charge in [-0.05, 0) is 25.0 Å². The third-order valence-electron chi connectivity index (χ3n) is 3.03. The maximum Gasteiger partial charge on any atom is 0.387 e. The van der Waals surface area contributed by atoms with Crippen molar-refractivity contribution in [2.24, 2.45) is 11.0 Å². The summed E-state index contributed by atoms with van der Waals surface area (Å²) >= 11 is 0. The number of nitrogens with one attached hydrogen (secondary N) is 1. The summed E-state index contributed by atoms with van der Waals surface area (Å²) in [4.78, 5) is 11.4. The number of halogens is 2. The molecule has 1 saturated carbocycles. The van der Waals surface area contributed by atoms with E-state index in [1.807, 2.05) is 0 Å². The highest BCUT2D eigenvalue weighted by molar-refractivity contribution is 5.85. The van der Waals surface area contributed by atoms with Crippen LogP contribution in [0.4, 0.5) is 8.78 Å². The monoisotopic (exact) mass is 314 g/mol. The van der Waals surface area contributed by atoms with Gasteiger partial charge in [-0.15, -0.1) is 0 Å². The molecule has 0 aromatic heterocycles. The van der Waals surface area contributed by atoms with Gasteiger partial charge in [0.05, 0.1) is 20.4 Å². The average molecular weight is 314 g/mol. The molecule has 22 heavy (non-hydrogen) atoms. The molecule has 1 aliphatic rings. The molecule has 120 valence electrons. The van der Waals surface area contributed by atoms with Crippen molar-refractivity contribution in [3.63, 3.8) is 0 Å². The molecule has 1 fully saturated rings. The molecule has 8 heteroatoms. The molecule has 0 unspecified atom stereocenters. The number of rotatable bonds is 7. The average Bonchev–Trinajstić information content (AvgIpc) is 3.32. The fourth-order valence-electron chi connectivity index (χ4n) is 1.79. The molecule has 1 N–H and O–H groups in total. The zero-order valence-electron chi connectivity index (χ0n) is 12.1. The number of nitrogens with zero attached hydrogens (tertiary/aromatic N) is 1. The van der Waals surface area contributed by atoms with Gasteiger partial charge in [-0.3, -0.25) is 4.79 Å². The van der Waals surface area contributed by atoms with Gasteiger partial charge in [-0.25, -0.2) is 5.43 Å². The molecular formula is C14H16F2N2O4. The van der Waals surface area contributed by atoms with Crippen molar-refractivity contribution in [3.8, 4) is 17.2 Å². The molecule has 0 spiro atoms. The van der Waals surface area contributed by atoms with Gasteiger partial charge in [0, 0.05) is 11.5 Å². The quantitative estimate of drug-likeness (QED) is 0.618. The Kier molecular flexibility index (Phi) is 5.13. The van der Waals surface area contributed by atoms with E-state index in [0.29, 0.717) is 5.56 Å². The van der Waals surface area contributed by atoms with Crippen LogP contribution in [-0.4, -0.2) is 33.0 Å². The van der Waals surface area contributed by atoms with Crippen LogP contribution in [-0.2, 0) is 4.79 Å². The minimum Gasteiger partial charge on any atom is -0.493 e. The lowest BCUT2D eigenvalue weighted by atomic mass is 10.2. The molecule has 0 aliphatic heterocycles. The first-order chi connectivity index (χ1) is 10.5. The number of hydrazone groups is 1. The Morgan fingerprint density at radius 1 is 1.32 bits per heavy atom. The van der Waals surface area contributed by atoms with Crippen LogP contribution in [0.25, 0.3) is 0 Å². The number of benzene rings is 1. The summed E-state index contributed by atoms with van der Waals surface area (Å²) < 4.78 is 39.3. The van der Waals surface area contributed by atoms with Crippen molar-refractivity contribution in [1.82, 2.24) is 5.43 Å². The lowest BCUT2D eigenvalue weighted by Crippen LogP contribution is -2.18. The first-order valence-electron chi connectivity index (χ1n) is 6.59. The van der Waals surface area contributed by atoms with Crippen molar-refractivity contribution < 1.29 is 27.8 Å². The van der Waals surface area contributed by atoms with E-state index in [-0.39, 0.29) is 29.1 Å². The van der Waals surface area contributed by atoms with E-state index >= 15 is 0 Å². The SMILES string of the molecule is COc1cc(/C=N\NC(=O)C2CC2)cc(OC)c1OC(F)F. The molecule has 0 radical (unpaired) electrons. The Morgan fingerprint density at radius 2 is 1.91 bits per heavy atom. The Labute approximate surface area is 126 Å². The topological polar surface area (TPSA) is 69.2 Å². The van der Waals surface area contributed by atoms with Gasteiger partial charge in [-0.1, -0.05) is 0 Å². The molecule has 1 amide bonds. The molecular weight excluding hydrogens is 298 g/mol. The molecule has 2 rings (SSSR count). The number of hydrogen-bond acceptors (Lipinski definition) is 5. The third kappa shape index (κ3) is 4.06. The van der Waals surface area contributed by atoms with Crippen LogP contribution in [0.15, 0.2) is 17.2 Å². The summed E-state index contributed by atoms with van der Waals surface area (Å²) in [6, 6.07) is 2.90. The van der Waals surface area contributed by atoms with Crippen LogP contribution in [0.5, 0.6) is 17.2 Å². The first-order valence-corrected chi connectivity index (χ1v) is 6.59. The van der Waals surface area contributed by atoms with Gasteiger partial charge in [0.25, 0.3) is 0 Å². The lowest BCUT2D eigenvalue weighted by molar-refractivity contribution is -0.122. The molecule has 6 nitrogen and oxygen atoms in total. The number of alkyl halides is 2. The highest BCUT2D eigenvalue weighted by Gasteiger charge is 2.29. The highest BCUT2D eigenvalue weighted by Crippen LogP contribution is 2.39. The second-order valence-electron chi connectivity index (χ2n) is 4.64. The fraction of sp³-hybridized carbons (Fsp3) is 0.429. The first kappa shape index (κ1) is 16.0. The zero-order valence-corrected chi connectivity index (χ0v) is 12.1. The molecule has 0 bridgehead atoms. The van der Waals surface area contributed by atoms with E-state index in [0.717, 1.165) is 12.8 Å². The Bertz CT molecular complexity index is 549. The Balaban J connectivity index is 2.17. The predicted molar refractivity (Wildman–Crippen MR) is 74.6 cm³/mol. The van der Waals surface area contributed by atoms with Gasteiger partial charge in [0.1, 0.15) is 0 Å². The second kappa shape index (κ2) is 7.06. The van der Waals surface area contributed by atoms with Crippen molar-refractivity contribution >= 4 is 12.1 Å². The smallest absolute Gasteiger partial charge is 0.387 e. The minimum absolute atomic E-state index is 0.0445. The summed E-state index contributed by atoms with van der Waals surface area (Å²) in [6.07, 6.45) is 3.13. The number of carbonyl (C=O) groups is 1. The largest absolute Gasteiger partial charge is 0.493 e. The molecule has 1 aliphatic carbocycles. The number of carbonyl (C=O) groups excluding carboxylic acids is 1. The molecule has 0 heterocycles. The van der Waals surface area contributed by atoms with Crippen LogP contribution < -0.4 is 19.6 Å².